The maximum absolute atomic E-state index is 13.6. The third-order valence-corrected chi connectivity index (χ3v) is 6.13. The number of halogens is 1. The number of rotatable bonds is 4. The number of benzene rings is 2. The average Bonchev–Trinajstić information content (AvgIpc) is 2.99. The van der Waals surface area contributed by atoms with E-state index in [0.29, 0.717) is 10.3 Å². The summed E-state index contributed by atoms with van der Waals surface area (Å²) >= 11 is 1.17. The van der Waals surface area contributed by atoms with Crippen molar-refractivity contribution in [3.8, 4) is 0 Å². The normalized spacial score (nSPS) is 11.6. The predicted molar refractivity (Wildman–Crippen MR) is 91.7 cm³/mol. The van der Waals surface area contributed by atoms with E-state index in [-0.39, 0.29) is 21.3 Å². The fourth-order valence-corrected chi connectivity index (χ4v) is 3.88. The van der Waals surface area contributed by atoms with Gasteiger partial charge in [-0.05, 0) is 36.4 Å². The molecule has 3 rings (SSSR count). The SMILES string of the molecule is CCS(=O)(=O)c1ccc(C(=O)Nc2nc3c(F)cccc3s2)cc1. The number of anilines is 1. The van der Waals surface area contributed by atoms with Crippen molar-refractivity contribution in [1.29, 1.82) is 0 Å². The number of carbonyl (C=O) groups excluding carboxylic acids is 1. The summed E-state index contributed by atoms with van der Waals surface area (Å²) in [6.07, 6.45) is 0. The minimum Gasteiger partial charge on any atom is -0.298 e. The maximum atomic E-state index is 13.6. The Morgan fingerprint density at radius 2 is 1.92 bits per heavy atom. The first-order chi connectivity index (χ1) is 11.4. The number of sulfone groups is 1. The number of nitrogens with zero attached hydrogens (tertiary/aromatic N) is 1. The summed E-state index contributed by atoms with van der Waals surface area (Å²) < 4.78 is 37.8. The molecule has 1 aromatic heterocycles. The Balaban J connectivity index is 1.82. The Bertz CT molecular complexity index is 1010. The summed E-state index contributed by atoms with van der Waals surface area (Å²) in [7, 11) is -3.31. The second kappa shape index (κ2) is 6.29. The first kappa shape index (κ1) is 16.5. The van der Waals surface area contributed by atoms with Crippen LogP contribution in [-0.2, 0) is 9.84 Å². The van der Waals surface area contributed by atoms with Crippen LogP contribution in [0.1, 0.15) is 17.3 Å². The fourth-order valence-electron chi connectivity index (χ4n) is 2.12. The van der Waals surface area contributed by atoms with Gasteiger partial charge in [0.15, 0.2) is 15.0 Å². The quantitative estimate of drug-likeness (QED) is 0.769. The van der Waals surface area contributed by atoms with Crippen LogP contribution in [-0.4, -0.2) is 25.1 Å². The molecule has 0 aliphatic heterocycles. The van der Waals surface area contributed by atoms with Crippen LogP contribution in [0.5, 0.6) is 0 Å². The molecule has 0 bridgehead atoms. The Morgan fingerprint density at radius 3 is 2.54 bits per heavy atom. The molecule has 0 unspecified atom stereocenters. The van der Waals surface area contributed by atoms with Crippen molar-refractivity contribution in [2.24, 2.45) is 0 Å². The topological polar surface area (TPSA) is 76.1 Å². The first-order valence-corrected chi connectivity index (χ1v) is 9.57. The van der Waals surface area contributed by atoms with E-state index in [1.165, 1.54) is 41.7 Å². The molecule has 24 heavy (non-hydrogen) atoms. The third kappa shape index (κ3) is 3.15. The number of hydrogen-bond acceptors (Lipinski definition) is 5. The van der Waals surface area contributed by atoms with Crippen LogP contribution in [0, 0.1) is 5.82 Å². The molecule has 0 fully saturated rings. The predicted octanol–water partition coefficient (Wildman–Crippen LogP) is 3.48. The molecule has 0 radical (unpaired) electrons. The molecular weight excluding hydrogens is 351 g/mol. The van der Waals surface area contributed by atoms with Crippen LogP contribution in [0.3, 0.4) is 0 Å². The van der Waals surface area contributed by atoms with Gasteiger partial charge in [-0.2, -0.15) is 0 Å². The average molecular weight is 364 g/mol. The van der Waals surface area contributed by atoms with Gasteiger partial charge in [-0.1, -0.05) is 24.3 Å². The summed E-state index contributed by atoms with van der Waals surface area (Å²) in [6.45, 7) is 1.56. The second-order valence-corrected chi connectivity index (χ2v) is 8.30. The van der Waals surface area contributed by atoms with Crippen LogP contribution < -0.4 is 5.32 Å². The highest BCUT2D eigenvalue weighted by atomic mass is 32.2. The molecule has 0 saturated carbocycles. The molecule has 0 spiro atoms. The molecule has 5 nitrogen and oxygen atoms in total. The monoisotopic (exact) mass is 364 g/mol. The lowest BCUT2D eigenvalue weighted by Gasteiger charge is -2.04. The Labute approximate surface area is 142 Å². The molecule has 8 heteroatoms. The molecule has 1 amide bonds. The Morgan fingerprint density at radius 1 is 1.21 bits per heavy atom. The molecule has 0 aliphatic rings. The van der Waals surface area contributed by atoms with Crippen molar-refractivity contribution in [2.75, 3.05) is 11.1 Å². The van der Waals surface area contributed by atoms with Gasteiger partial charge in [-0.15, -0.1) is 0 Å². The van der Waals surface area contributed by atoms with Crippen LogP contribution in [0.15, 0.2) is 47.4 Å². The fraction of sp³-hybridized carbons (Fsp3) is 0.125. The molecule has 2 aromatic carbocycles. The number of para-hydroxylation sites is 1. The minimum absolute atomic E-state index is 0.00415. The van der Waals surface area contributed by atoms with Crippen molar-refractivity contribution < 1.29 is 17.6 Å². The second-order valence-electron chi connectivity index (χ2n) is 4.99. The van der Waals surface area contributed by atoms with Crippen molar-refractivity contribution >= 4 is 42.4 Å². The zero-order chi connectivity index (χ0) is 17.3. The Hall–Kier alpha value is -2.32. The van der Waals surface area contributed by atoms with Crippen LogP contribution in [0.4, 0.5) is 9.52 Å². The van der Waals surface area contributed by atoms with Crippen LogP contribution >= 0.6 is 11.3 Å². The van der Waals surface area contributed by atoms with Crippen LogP contribution in [0.25, 0.3) is 10.2 Å². The maximum Gasteiger partial charge on any atom is 0.257 e. The minimum atomic E-state index is -3.31. The Kier molecular flexibility index (Phi) is 4.33. The highest BCUT2D eigenvalue weighted by Crippen LogP contribution is 2.27. The lowest BCUT2D eigenvalue weighted by Crippen LogP contribution is -2.12. The van der Waals surface area contributed by atoms with Crippen molar-refractivity contribution in [3.05, 3.63) is 53.8 Å². The molecular formula is C16H13FN2O3S2. The van der Waals surface area contributed by atoms with E-state index in [1.54, 1.807) is 19.1 Å². The summed E-state index contributed by atoms with van der Waals surface area (Å²) in [5.41, 5.74) is 0.506. The van der Waals surface area contributed by atoms with E-state index in [1.807, 2.05) is 0 Å². The van der Waals surface area contributed by atoms with Crippen molar-refractivity contribution in [1.82, 2.24) is 4.98 Å². The number of amides is 1. The molecule has 0 atom stereocenters. The summed E-state index contributed by atoms with van der Waals surface area (Å²) in [6, 6.07) is 10.3. The highest BCUT2D eigenvalue weighted by Gasteiger charge is 2.14. The standard InChI is InChI=1S/C16H13FN2O3S2/c1-2-24(21,22)11-8-6-10(7-9-11)15(20)19-16-18-14-12(17)4-3-5-13(14)23-16/h3-9H,2H2,1H3,(H,18,19,20). The van der Waals surface area contributed by atoms with Gasteiger partial charge in [-0.25, -0.2) is 17.8 Å². The first-order valence-electron chi connectivity index (χ1n) is 7.10. The van der Waals surface area contributed by atoms with Crippen molar-refractivity contribution in [3.63, 3.8) is 0 Å². The van der Waals surface area contributed by atoms with Gasteiger partial charge in [0.25, 0.3) is 5.91 Å². The van der Waals surface area contributed by atoms with E-state index in [2.05, 4.69) is 10.3 Å². The van der Waals surface area contributed by atoms with E-state index in [9.17, 15) is 17.6 Å². The molecule has 3 aromatic rings. The zero-order valence-corrected chi connectivity index (χ0v) is 14.2. The number of nitrogens with one attached hydrogen (secondary N) is 1. The molecule has 1 heterocycles. The summed E-state index contributed by atoms with van der Waals surface area (Å²) in [4.78, 5) is 16.5. The number of fused-ring (bicyclic) bond motifs is 1. The van der Waals surface area contributed by atoms with E-state index >= 15 is 0 Å². The van der Waals surface area contributed by atoms with Gasteiger partial charge in [-0.3, -0.25) is 10.1 Å². The lowest BCUT2D eigenvalue weighted by molar-refractivity contribution is 0.102. The van der Waals surface area contributed by atoms with E-state index in [0.717, 1.165) is 0 Å². The molecule has 0 aliphatic carbocycles. The largest absolute Gasteiger partial charge is 0.298 e. The van der Waals surface area contributed by atoms with Gasteiger partial charge < -0.3 is 0 Å². The number of carbonyl (C=O) groups is 1. The highest BCUT2D eigenvalue weighted by molar-refractivity contribution is 7.91. The zero-order valence-electron chi connectivity index (χ0n) is 12.6. The van der Waals surface area contributed by atoms with Gasteiger partial charge in [0.05, 0.1) is 15.3 Å². The van der Waals surface area contributed by atoms with Crippen molar-refractivity contribution in [2.45, 2.75) is 11.8 Å². The van der Waals surface area contributed by atoms with Gasteiger partial charge in [0, 0.05) is 5.56 Å². The lowest BCUT2D eigenvalue weighted by atomic mass is 10.2. The number of hydrogen-bond donors (Lipinski definition) is 1. The van der Waals surface area contributed by atoms with E-state index < -0.39 is 21.6 Å². The van der Waals surface area contributed by atoms with E-state index in [4.69, 9.17) is 0 Å². The number of aromatic nitrogens is 1. The third-order valence-electron chi connectivity index (χ3n) is 3.45. The molecule has 1 N–H and O–H groups in total. The molecule has 124 valence electrons. The summed E-state index contributed by atoms with van der Waals surface area (Å²) in [5, 5.41) is 2.88. The van der Waals surface area contributed by atoms with Gasteiger partial charge in [0.1, 0.15) is 11.3 Å². The van der Waals surface area contributed by atoms with Crippen LogP contribution in [0.2, 0.25) is 0 Å². The smallest absolute Gasteiger partial charge is 0.257 e. The van der Waals surface area contributed by atoms with Gasteiger partial charge >= 0.3 is 0 Å². The van der Waals surface area contributed by atoms with Gasteiger partial charge in [0.2, 0.25) is 0 Å². The molecule has 0 saturated heterocycles. The number of thiazole rings is 1. The summed E-state index contributed by atoms with van der Waals surface area (Å²) in [5.74, 6) is -0.885.